The van der Waals surface area contributed by atoms with Gasteiger partial charge in [-0.3, -0.25) is 0 Å². The van der Waals surface area contributed by atoms with Gasteiger partial charge in [0.1, 0.15) is 0 Å². The Kier molecular flexibility index (Phi) is 5.05. The Bertz CT molecular complexity index is 485. The lowest BCUT2D eigenvalue weighted by Crippen LogP contribution is -2.35. The van der Waals surface area contributed by atoms with E-state index in [0.29, 0.717) is 11.5 Å². The first-order valence-electron chi connectivity index (χ1n) is 6.90. The molecule has 1 aliphatic heterocycles. The Balaban J connectivity index is 2.02. The fourth-order valence-corrected chi connectivity index (χ4v) is 3.36. The lowest BCUT2D eigenvalue weighted by Gasteiger charge is -2.32. The molecule has 5 heteroatoms. The molecular formula is C15H21BrN2O2. The van der Waals surface area contributed by atoms with Gasteiger partial charge < -0.3 is 14.9 Å². The van der Waals surface area contributed by atoms with E-state index in [4.69, 9.17) is 5.11 Å². The maximum absolute atomic E-state index is 10.9. The highest BCUT2D eigenvalue weighted by Gasteiger charge is 2.19. The van der Waals surface area contributed by atoms with Gasteiger partial charge in [0.05, 0.1) is 11.3 Å². The summed E-state index contributed by atoms with van der Waals surface area (Å²) < 4.78 is 0.841. The summed E-state index contributed by atoms with van der Waals surface area (Å²) in [6.07, 6.45) is 2.46. The largest absolute Gasteiger partial charge is 0.478 e. The molecule has 0 unspecified atom stereocenters. The van der Waals surface area contributed by atoms with Gasteiger partial charge in [-0.2, -0.15) is 0 Å². The number of carboxylic acid groups (broad SMARTS) is 1. The van der Waals surface area contributed by atoms with Crippen molar-refractivity contribution in [3.63, 3.8) is 0 Å². The highest BCUT2D eigenvalue weighted by Crippen LogP contribution is 2.28. The predicted octanol–water partition coefficient (Wildman–Crippen LogP) is 2.93. The molecule has 110 valence electrons. The van der Waals surface area contributed by atoms with Crippen LogP contribution in [0.2, 0.25) is 0 Å². The highest BCUT2D eigenvalue weighted by atomic mass is 79.9. The van der Waals surface area contributed by atoms with Crippen LogP contribution in [0.1, 0.15) is 23.2 Å². The number of nitrogens with zero attached hydrogens (tertiary/aromatic N) is 2. The molecule has 1 saturated heterocycles. The Hall–Kier alpha value is -1.07. The number of hydrogen-bond acceptors (Lipinski definition) is 3. The van der Waals surface area contributed by atoms with E-state index in [2.05, 4.69) is 39.8 Å². The second-order valence-corrected chi connectivity index (χ2v) is 6.45. The van der Waals surface area contributed by atoms with Gasteiger partial charge in [0.25, 0.3) is 0 Å². The van der Waals surface area contributed by atoms with Crippen LogP contribution in [0.15, 0.2) is 22.7 Å². The van der Waals surface area contributed by atoms with Crippen LogP contribution < -0.4 is 4.90 Å². The van der Waals surface area contributed by atoms with Crippen molar-refractivity contribution >= 4 is 27.6 Å². The predicted molar refractivity (Wildman–Crippen MR) is 84.6 cm³/mol. The van der Waals surface area contributed by atoms with Crippen molar-refractivity contribution in [2.24, 2.45) is 5.92 Å². The van der Waals surface area contributed by atoms with Crippen LogP contribution in [-0.4, -0.2) is 49.7 Å². The third kappa shape index (κ3) is 3.73. The molecule has 0 amide bonds. The van der Waals surface area contributed by atoms with Crippen LogP contribution >= 0.6 is 15.9 Å². The summed E-state index contributed by atoms with van der Waals surface area (Å²) in [5, 5.41) is 8.99. The van der Waals surface area contributed by atoms with Gasteiger partial charge in [0, 0.05) is 18.1 Å². The van der Waals surface area contributed by atoms with Gasteiger partial charge in [-0.05, 0) is 73.0 Å². The first-order valence-corrected chi connectivity index (χ1v) is 7.69. The molecule has 0 aliphatic carbocycles. The molecule has 0 aromatic heterocycles. The molecular weight excluding hydrogens is 320 g/mol. The van der Waals surface area contributed by atoms with Crippen LogP contribution in [0.5, 0.6) is 0 Å². The summed E-state index contributed by atoms with van der Waals surface area (Å²) in [7, 11) is 4.24. The van der Waals surface area contributed by atoms with E-state index in [0.717, 1.165) is 29.8 Å². The third-order valence-corrected chi connectivity index (χ3v) is 4.61. The van der Waals surface area contributed by atoms with E-state index in [1.165, 1.54) is 12.8 Å². The molecule has 0 atom stereocenters. The summed E-state index contributed by atoms with van der Waals surface area (Å²) in [4.78, 5) is 15.5. The molecule has 2 rings (SSSR count). The molecule has 0 bridgehead atoms. The normalized spacial score (nSPS) is 17.1. The van der Waals surface area contributed by atoms with E-state index in [1.54, 1.807) is 12.1 Å². The zero-order valence-corrected chi connectivity index (χ0v) is 13.6. The number of carbonyl (C=O) groups is 1. The second kappa shape index (κ2) is 6.59. The molecule has 4 nitrogen and oxygen atoms in total. The van der Waals surface area contributed by atoms with Crippen LogP contribution in [0.4, 0.5) is 5.69 Å². The van der Waals surface area contributed by atoms with E-state index < -0.39 is 5.97 Å². The Labute approximate surface area is 128 Å². The lowest BCUT2D eigenvalue weighted by molar-refractivity contribution is 0.0697. The highest BCUT2D eigenvalue weighted by molar-refractivity contribution is 9.10. The van der Waals surface area contributed by atoms with Gasteiger partial charge in [0.15, 0.2) is 0 Å². The van der Waals surface area contributed by atoms with Gasteiger partial charge >= 0.3 is 5.97 Å². The topological polar surface area (TPSA) is 43.8 Å². The molecule has 1 aromatic rings. The number of aromatic carboxylic acids is 1. The van der Waals surface area contributed by atoms with Crippen molar-refractivity contribution in [2.45, 2.75) is 12.8 Å². The number of piperidine rings is 1. The van der Waals surface area contributed by atoms with Crippen LogP contribution in [-0.2, 0) is 0 Å². The molecule has 1 N–H and O–H groups in total. The molecule has 0 spiro atoms. The maximum Gasteiger partial charge on any atom is 0.335 e. The summed E-state index contributed by atoms with van der Waals surface area (Å²) in [6.45, 7) is 3.34. The number of anilines is 1. The number of rotatable bonds is 4. The molecule has 0 saturated carbocycles. The van der Waals surface area contributed by atoms with Crippen LogP contribution in [0, 0.1) is 5.92 Å². The van der Waals surface area contributed by atoms with E-state index in [1.807, 2.05) is 6.07 Å². The van der Waals surface area contributed by atoms with Crippen molar-refractivity contribution in [3.05, 3.63) is 28.2 Å². The number of hydrogen-bond donors (Lipinski definition) is 1. The maximum atomic E-state index is 10.9. The van der Waals surface area contributed by atoms with E-state index in [9.17, 15) is 4.79 Å². The smallest absolute Gasteiger partial charge is 0.335 e. The standard InChI is InChI=1S/C15H21BrN2O2/c1-17-7-5-11(6-8-17)10-18(2)14-4-3-12(15(19)20)9-13(14)16/h3-4,9,11H,5-8,10H2,1-2H3,(H,19,20). The molecule has 20 heavy (non-hydrogen) atoms. The molecule has 1 aliphatic rings. The first kappa shape index (κ1) is 15.3. The average Bonchev–Trinajstić information content (AvgIpc) is 2.41. The fourth-order valence-electron chi connectivity index (χ4n) is 2.68. The second-order valence-electron chi connectivity index (χ2n) is 5.60. The number of likely N-dealkylation sites (tertiary alicyclic amines) is 1. The van der Waals surface area contributed by atoms with Gasteiger partial charge in [-0.1, -0.05) is 0 Å². The Morgan fingerprint density at radius 1 is 1.45 bits per heavy atom. The third-order valence-electron chi connectivity index (χ3n) is 3.98. The quantitative estimate of drug-likeness (QED) is 0.915. The molecule has 0 radical (unpaired) electrons. The van der Waals surface area contributed by atoms with Crippen LogP contribution in [0.3, 0.4) is 0 Å². The van der Waals surface area contributed by atoms with Gasteiger partial charge in [-0.25, -0.2) is 4.79 Å². The van der Waals surface area contributed by atoms with Crippen molar-refractivity contribution in [1.29, 1.82) is 0 Å². The molecule has 1 aromatic carbocycles. The first-order chi connectivity index (χ1) is 9.47. The summed E-state index contributed by atoms with van der Waals surface area (Å²) in [5.74, 6) is -0.183. The zero-order chi connectivity index (χ0) is 14.7. The van der Waals surface area contributed by atoms with Gasteiger partial charge in [0.2, 0.25) is 0 Å². The zero-order valence-electron chi connectivity index (χ0n) is 12.0. The van der Waals surface area contributed by atoms with Crippen molar-refractivity contribution < 1.29 is 9.90 Å². The molecule has 1 fully saturated rings. The monoisotopic (exact) mass is 340 g/mol. The minimum atomic E-state index is -0.893. The van der Waals surface area contributed by atoms with E-state index in [-0.39, 0.29) is 0 Å². The lowest BCUT2D eigenvalue weighted by atomic mass is 9.96. The molecule has 1 heterocycles. The van der Waals surface area contributed by atoms with Gasteiger partial charge in [-0.15, -0.1) is 0 Å². The Morgan fingerprint density at radius 2 is 2.10 bits per heavy atom. The van der Waals surface area contributed by atoms with E-state index >= 15 is 0 Å². The Morgan fingerprint density at radius 3 is 2.65 bits per heavy atom. The minimum Gasteiger partial charge on any atom is -0.478 e. The summed E-state index contributed by atoms with van der Waals surface area (Å²) in [5.41, 5.74) is 1.36. The number of halogens is 1. The summed E-state index contributed by atoms with van der Waals surface area (Å²) in [6, 6.07) is 5.21. The minimum absolute atomic E-state index is 0.313. The number of benzene rings is 1. The SMILES string of the molecule is CN1CCC(CN(C)c2ccc(C(=O)O)cc2Br)CC1. The number of carboxylic acids is 1. The summed E-state index contributed by atoms with van der Waals surface area (Å²) >= 11 is 3.48. The van der Waals surface area contributed by atoms with Crippen molar-refractivity contribution in [2.75, 3.05) is 38.6 Å². The van der Waals surface area contributed by atoms with Crippen LogP contribution in [0.25, 0.3) is 0 Å². The van der Waals surface area contributed by atoms with Crippen molar-refractivity contribution in [3.8, 4) is 0 Å². The fraction of sp³-hybridized carbons (Fsp3) is 0.533. The average molecular weight is 341 g/mol. The van der Waals surface area contributed by atoms with Crippen molar-refractivity contribution in [1.82, 2.24) is 4.90 Å².